The normalized spacial score (nSPS) is 10.8. The van der Waals surface area contributed by atoms with E-state index in [9.17, 15) is 4.79 Å². The van der Waals surface area contributed by atoms with Crippen LogP contribution in [0.4, 0.5) is 0 Å². The molecule has 0 amide bonds. The minimum absolute atomic E-state index is 0.398. The first-order valence-electron chi connectivity index (χ1n) is 7.45. The zero-order chi connectivity index (χ0) is 16.8. The summed E-state index contributed by atoms with van der Waals surface area (Å²) in [6, 6.07) is 21.0. The second kappa shape index (κ2) is 7.28. The summed E-state index contributed by atoms with van der Waals surface area (Å²) >= 11 is 0. The number of rotatable bonds is 6. The van der Waals surface area contributed by atoms with Crippen LogP contribution in [-0.4, -0.2) is 20.9 Å². The lowest BCUT2D eigenvalue weighted by atomic mass is 10.2. The van der Waals surface area contributed by atoms with E-state index >= 15 is 0 Å². The van der Waals surface area contributed by atoms with Crippen molar-refractivity contribution >= 4 is 12.0 Å². The molecule has 1 aromatic heterocycles. The number of hydrogen-bond donors (Lipinski definition) is 1. The van der Waals surface area contributed by atoms with Crippen LogP contribution in [0, 0.1) is 0 Å². The molecule has 0 saturated heterocycles. The highest BCUT2D eigenvalue weighted by Gasteiger charge is 2.09. The van der Waals surface area contributed by atoms with Gasteiger partial charge in [0.25, 0.3) is 0 Å². The van der Waals surface area contributed by atoms with Crippen LogP contribution in [0.1, 0.15) is 11.3 Å². The van der Waals surface area contributed by atoms with Crippen LogP contribution in [0.3, 0.4) is 0 Å². The Labute approximate surface area is 139 Å². The Kier molecular flexibility index (Phi) is 4.72. The van der Waals surface area contributed by atoms with Crippen LogP contribution in [0.5, 0.6) is 5.88 Å². The lowest BCUT2D eigenvalue weighted by molar-refractivity contribution is -0.131. The molecule has 0 aliphatic rings. The van der Waals surface area contributed by atoms with Crippen molar-refractivity contribution in [2.75, 3.05) is 0 Å². The van der Waals surface area contributed by atoms with Gasteiger partial charge in [0.05, 0.1) is 11.4 Å². The van der Waals surface area contributed by atoms with Crippen molar-refractivity contribution in [2.45, 2.75) is 6.61 Å². The van der Waals surface area contributed by atoms with Gasteiger partial charge in [0.15, 0.2) is 0 Å². The Balaban J connectivity index is 1.86. The third-order valence-corrected chi connectivity index (χ3v) is 3.34. The maximum absolute atomic E-state index is 10.8. The highest BCUT2D eigenvalue weighted by molar-refractivity contribution is 5.85. The first kappa shape index (κ1) is 15.6. The molecule has 2 aromatic carbocycles. The maximum Gasteiger partial charge on any atom is 0.328 e. The molecule has 0 saturated carbocycles. The standard InChI is InChI=1S/C19H16N2O3/c22-19(23)12-11-17-13-18(24-14-15-7-3-1-4-8-15)20-21(17)16-9-5-2-6-10-16/h1-13H,14H2,(H,22,23). The first-order valence-corrected chi connectivity index (χ1v) is 7.45. The van der Waals surface area contributed by atoms with Crippen LogP contribution in [0.2, 0.25) is 0 Å². The van der Waals surface area contributed by atoms with E-state index in [2.05, 4.69) is 5.10 Å². The molecule has 0 aliphatic heterocycles. The molecule has 0 fully saturated rings. The van der Waals surface area contributed by atoms with E-state index < -0.39 is 5.97 Å². The molecule has 24 heavy (non-hydrogen) atoms. The molecular formula is C19H16N2O3. The molecule has 5 heteroatoms. The van der Waals surface area contributed by atoms with Gasteiger partial charge in [-0.05, 0) is 23.8 Å². The molecular weight excluding hydrogens is 304 g/mol. The Morgan fingerprint density at radius 2 is 1.75 bits per heavy atom. The summed E-state index contributed by atoms with van der Waals surface area (Å²) in [7, 11) is 0. The molecule has 0 bridgehead atoms. The van der Waals surface area contributed by atoms with Gasteiger partial charge in [0, 0.05) is 12.1 Å². The van der Waals surface area contributed by atoms with Crippen LogP contribution < -0.4 is 4.74 Å². The second-order valence-corrected chi connectivity index (χ2v) is 5.10. The first-order chi connectivity index (χ1) is 11.7. The predicted octanol–water partition coefficient (Wildman–Crippen LogP) is 3.55. The highest BCUT2D eigenvalue weighted by atomic mass is 16.5. The Bertz CT molecular complexity index is 840. The number of para-hydroxylation sites is 1. The van der Waals surface area contributed by atoms with Gasteiger partial charge < -0.3 is 9.84 Å². The minimum atomic E-state index is -1.01. The van der Waals surface area contributed by atoms with Crippen molar-refractivity contribution in [3.05, 3.63) is 84.1 Å². The Morgan fingerprint density at radius 1 is 1.08 bits per heavy atom. The zero-order valence-electron chi connectivity index (χ0n) is 12.9. The molecule has 3 rings (SSSR count). The Morgan fingerprint density at radius 3 is 2.42 bits per heavy atom. The number of aromatic nitrogens is 2. The number of carboxylic acid groups (broad SMARTS) is 1. The number of carboxylic acids is 1. The molecule has 1 heterocycles. The summed E-state index contributed by atoms with van der Waals surface area (Å²) in [6.07, 6.45) is 2.58. The van der Waals surface area contributed by atoms with Crippen molar-refractivity contribution < 1.29 is 14.6 Å². The molecule has 1 N–H and O–H groups in total. The van der Waals surface area contributed by atoms with Gasteiger partial charge in [-0.15, -0.1) is 5.10 Å². The fourth-order valence-electron chi connectivity index (χ4n) is 2.23. The van der Waals surface area contributed by atoms with Gasteiger partial charge in [0.2, 0.25) is 5.88 Å². The highest BCUT2D eigenvalue weighted by Crippen LogP contribution is 2.19. The third-order valence-electron chi connectivity index (χ3n) is 3.34. The van der Waals surface area contributed by atoms with E-state index in [0.717, 1.165) is 17.3 Å². The van der Waals surface area contributed by atoms with E-state index in [1.165, 1.54) is 6.08 Å². The quantitative estimate of drug-likeness (QED) is 0.706. The summed E-state index contributed by atoms with van der Waals surface area (Å²) in [5.41, 5.74) is 2.50. The van der Waals surface area contributed by atoms with Gasteiger partial charge >= 0.3 is 5.97 Å². The maximum atomic E-state index is 10.8. The third kappa shape index (κ3) is 3.89. The zero-order valence-corrected chi connectivity index (χ0v) is 12.9. The fraction of sp³-hybridized carbons (Fsp3) is 0.0526. The number of benzene rings is 2. The summed E-state index contributed by atoms with van der Waals surface area (Å²) in [5.74, 6) is -0.574. The second-order valence-electron chi connectivity index (χ2n) is 5.10. The Hall–Kier alpha value is -3.34. The van der Waals surface area contributed by atoms with E-state index in [1.807, 2.05) is 60.7 Å². The lowest BCUT2D eigenvalue weighted by Crippen LogP contribution is -2.00. The van der Waals surface area contributed by atoms with Gasteiger partial charge in [0.1, 0.15) is 6.61 Å². The number of ether oxygens (including phenoxy) is 1. The lowest BCUT2D eigenvalue weighted by Gasteiger charge is -2.04. The summed E-state index contributed by atoms with van der Waals surface area (Å²) in [5, 5.41) is 13.3. The molecule has 120 valence electrons. The van der Waals surface area contributed by atoms with Crippen LogP contribution in [-0.2, 0) is 11.4 Å². The van der Waals surface area contributed by atoms with Crippen LogP contribution >= 0.6 is 0 Å². The fourth-order valence-corrected chi connectivity index (χ4v) is 2.23. The van der Waals surface area contributed by atoms with Gasteiger partial charge in [-0.25, -0.2) is 9.48 Å². The van der Waals surface area contributed by atoms with E-state index in [-0.39, 0.29) is 0 Å². The van der Waals surface area contributed by atoms with Crippen molar-refractivity contribution in [1.82, 2.24) is 9.78 Å². The molecule has 0 aliphatic carbocycles. The molecule has 0 radical (unpaired) electrons. The van der Waals surface area contributed by atoms with Crippen molar-refractivity contribution in [3.8, 4) is 11.6 Å². The van der Waals surface area contributed by atoms with E-state index in [4.69, 9.17) is 9.84 Å². The van der Waals surface area contributed by atoms with E-state index in [0.29, 0.717) is 18.2 Å². The monoisotopic (exact) mass is 320 g/mol. The van der Waals surface area contributed by atoms with Crippen molar-refractivity contribution in [3.63, 3.8) is 0 Å². The van der Waals surface area contributed by atoms with E-state index in [1.54, 1.807) is 10.7 Å². The van der Waals surface area contributed by atoms with Crippen molar-refractivity contribution in [2.24, 2.45) is 0 Å². The minimum Gasteiger partial charge on any atom is -0.478 e. The molecule has 3 aromatic rings. The number of hydrogen-bond acceptors (Lipinski definition) is 3. The summed E-state index contributed by atoms with van der Waals surface area (Å²) < 4.78 is 7.38. The van der Waals surface area contributed by atoms with Crippen LogP contribution in [0.15, 0.2) is 72.8 Å². The van der Waals surface area contributed by atoms with Gasteiger partial charge in [-0.1, -0.05) is 48.5 Å². The predicted molar refractivity (Wildman–Crippen MR) is 91.0 cm³/mol. The summed E-state index contributed by atoms with van der Waals surface area (Å²) in [6.45, 7) is 0.398. The molecule has 5 nitrogen and oxygen atoms in total. The SMILES string of the molecule is O=C(O)C=Cc1cc(OCc2ccccc2)nn1-c1ccccc1. The van der Waals surface area contributed by atoms with Crippen molar-refractivity contribution in [1.29, 1.82) is 0 Å². The number of aliphatic carboxylic acids is 1. The number of nitrogens with zero attached hydrogens (tertiary/aromatic N) is 2. The van der Waals surface area contributed by atoms with Gasteiger partial charge in [-0.3, -0.25) is 0 Å². The topological polar surface area (TPSA) is 64.3 Å². The van der Waals surface area contributed by atoms with Crippen LogP contribution in [0.25, 0.3) is 11.8 Å². The summed E-state index contributed by atoms with van der Waals surface area (Å²) in [4.78, 5) is 10.8. The average molecular weight is 320 g/mol. The van der Waals surface area contributed by atoms with Gasteiger partial charge in [-0.2, -0.15) is 0 Å². The molecule has 0 spiro atoms. The molecule has 0 unspecified atom stereocenters. The average Bonchev–Trinajstić information content (AvgIpc) is 3.03. The number of carbonyl (C=O) groups is 1. The largest absolute Gasteiger partial charge is 0.478 e. The molecule has 0 atom stereocenters. The smallest absolute Gasteiger partial charge is 0.328 e.